The van der Waals surface area contributed by atoms with Crippen LogP contribution < -0.4 is 5.73 Å². The molecule has 1 aliphatic rings. The lowest BCUT2D eigenvalue weighted by molar-refractivity contribution is 0.0146. The van der Waals surface area contributed by atoms with Gasteiger partial charge in [0.25, 0.3) is 12.3 Å². The molecule has 2 N–H and O–H groups in total. The monoisotopic (exact) mass is 481 g/mol. The van der Waals surface area contributed by atoms with E-state index in [0.29, 0.717) is 40.2 Å². The van der Waals surface area contributed by atoms with Crippen LogP contribution in [-0.4, -0.2) is 61.5 Å². The van der Waals surface area contributed by atoms with Gasteiger partial charge < -0.3 is 15.2 Å². The normalized spacial score (nSPS) is 15.9. The molecular weight excluding hydrogens is 457 g/mol. The van der Waals surface area contributed by atoms with Crippen molar-refractivity contribution in [3.05, 3.63) is 41.7 Å². The summed E-state index contributed by atoms with van der Waals surface area (Å²) in [6.07, 6.45) is -0.838. The number of hydrogen-bond acceptors (Lipinski definition) is 5. The zero-order chi connectivity index (χ0) is 24.8. The van der Waals surface area contributed by atoms with E-state index in [1.165, 1.54) is 10.6 Å². The van der Waals surface area contributed by atoms with Crippen LogP contribution in [0.3, 0.4) is 0 Å². The van der Waals surface area contributed by atoms with Crippen LogP contribution in [0.4, 0.5) is 27.9 Å². The maximum absolute atomic E-state index is 14.6. The van der Waals surface area contributed by atoms with Crippen LogP contribution in [0, 0.1) is 19.7 Å². The van der Waals surface area contributed by atoms with Crippen molar-refractivity contribution in [3.63, 3.8) is 0 Å². The number of anilines is 1. The Kier molecular flexibility index (Phi) is 6.19. The predicted octanol–water partition coefficient (Wildman–Crippen LogP) is 4.31. The minimum Gasteiger partial charge on any atom is -0.367 e. The van der Waals surface area contributed by atoms with Crippen molar-refractivity contribution in [1.29, 1.82) is 0 Å². The predicted molar refractivity (Wildman–Crippen MR) is 119 cm³/mol. The Hall–Kier alpha value is -3.28. The SMILES string of the molecule is CN1CCC(F)(F)C1.Cc1nc(N)nn2ccc(-c3cc(F)c4nc(C)n(CC(F)F)c4c3)c12. The van der Waals surface area contributed by atoms with Crippen LogP contribution >= 0.6 is 0 Å². The molecule has 0 bridgehead atoms. The fraction of sp³-hybridized carbons (Fsp3) is 0.409. The highest BCUT2D eigenvalue weighted by molar-refractivity contribution is 5.89. The Morgan fingerprint density at radius 3 is 2.50 bits per heavy atom. The number of imidazole rings is 1. The first-order chi connectivity index (χ1) is 15.9. The topological polar surface area (TPSA) is 77.3 Å². The molecule has 0 spiro atoms. The summed E-state index contributed by atoms with van der Waals surface area (Å²) in [5.41, 5.74) is 8.58. The molecule has 0 saturated carbocycles. The fourth-order valence-corrected chi connectivity index (χ4v) is 4.19. The third-order valence-electron chi connectivity index (χ3n) is 5.69. The summed E-state index contributed by atoms with van der Waals surface area (Å²) >= 11 is 0. The number of halogens is 5. The summed E-state index contributed by atoms with van der Waals surface area (Å²) in [6.45, 7) is 3.29. The Labute approximate surface area is 192 Å². The second-order valence-electron chi connectivity index (χ2n) is 8.41. The van der Waals surface area contributed by atoms with Crippen molar-refractivity contribution in [1.82, 2.24) is 29.0 Å². The van der Waals surface area contributed by atoms with E-state index in [2.05, 4.69) is 15.1 Å². The number of benzene rings is 1. The molecule has 12 heteroatoms. The van der Waals surface area contributed by atoms with Crippen LogP contribution in [0.5, 0.6) is 0 Å². The molecule has 7 nitrogen and oxygen atoms in total. The van der Waals surface area contributed by atoms with E-state index in [0.717, 1.165) is 0 Å². The molecule has 4 aromatic rings. The molecule has 1 fully saturated rings. The van der Waals surface area contributed by atoms with E-state index < -0.39 is 24.7 Å². The summed E-state index contributed by atoms with van der Waals surface area (Å²) in [5.74, 6) is -2.51. The standard InChI is InChI=1S/C17H15F3N6.C5H9F2N/c1-8-16-11(3-4-26(16)24-17(21)22-8)10-5-12(18)15-13(6-10)25(7-14(19)20)9(2)23-15;1-8-3-2-5(6,7)4-8/h3-6,14H,7H2,1-2H3,(H2,21,24);2-4H2,1H3. The second-order valence-corrected chi connectivity index (χ2v) is 8.41. The maximum Gasteiger partial charge on any atom is 0.261 e. The van der Waals surface area contributed by atoms with Crippen molar-refractivity contribution in [2.75, 3.05) is 25.9 Å². The van der Waals surface area contributed by atoms with Crippen LogP contribution in [-0.2, 0) is 6.54 Å². The first-order valence-corrected chi connectivity index (χ1v) is 10.6. The van der Waals surface area contributed by atoms with E-state index in [9.17, 15) is 22.0 Å². The molecule has 0 atom stereocenters. The van der Waals surface area contributed by atoms with Gasteiger partial charge in [-0.2, -0.15) is 0 Å². The molecule has 4 heterocycles. The Morgan fingerprint density at radius 2 is 1.91 bits per heavy atom. The second kappa shape index (κ2) is 8.82. The zero-order valence-electron chi connectivity index (χ0n) is 18.9. The molecule has 34 heavy (non-hydrogen) atoms. The number of likely N-dealkylation sites (tertiary alicyclic amines) is 1. The average Bonchev–Trinajstić information content (AvgIpc) is 3.38. The third kappa shape index (κ3) is 4.67. The number of nitrogens with zero attached hydrogens (tertiary/aromatic N) is 6. The van der Waals surface area contributed by atoms with Gasteiger partial charge in [-0.25, -0.2) is 36.4 Å². The van der Waals surface area contributed by atoms with Gasteiger partial charge in [0.1, 0.15) is 11.3 Å². The summed E-state index contributed by atoms with van der Waals surface area (Å²) in [7, 11) is 1.71. The van der Waals surface area contributed by atoms with E-state index in [4.69, 9.17) is 5.73 Å². The molecule has 1 saturated heterocycles. The van der Waals surface area contributed by atoms with Crippen molar-refractivity contribution in [2.45, 2.75) is 39.2 Å². The lowest BCUT2D eigenvalue weighted by atomic mass is 10.1. The smallest absolute Gasteiger partial charge is 0.261 e. The van der Waals surface area contributed by atoms with Gasteiger partial charge in [-0.1, -0.05) is 0 Å². The lowest BCUT2D eigenvalue weighted by Crippen LogP contribution is -2.21. The molecule has 0 amide bonds. The quantitative estimate of drug-likeness (QED) is 0.442. The molecule has 0 radical (unpaired) electrons. The molecule has 5 rings (SSSR count). The minimum absolute atomic E-state index is 0.0312. The summed E-state index contributed by atoms with van der Waals surface area (Å²) in [6, 6.07) is 4.76. The van der Waals surface area contributed by atoms with Crippen molar-refractivity contribution in [3.8, 4) is 11.1 Å². The van der Waals surface area contributed by atoms with Gasteiger partial charge in [-0.3, -0.25) is 0 Å². The largest absolute Gasteiger partial charge is 0.367 e. The minimum atomic E-state index is -2.56. The highest BCUT2D eigenvalue weighted by atomic mass is 19.3. The van der Waals surface area contributed by atoms with Crippen LogP contribution in [0.1, 0.15) is 17.9 Å². The number of aryl methyl sites for hydroxylation is 2. The van der Waals surface area contributed by atoms with Gasteiger partial charge in [0.2, 0.25) is 5.95 Å². The van der Waals surface area contributed by atoms with Crippen molar-refractivity contribution < 1.29 is 22.0 Å². The lowest BCUT2D eigenvalue weighted by Gasteiger charge is -2.08. The van der Waals surface area contributed by atoms with Crippen molar-refractivity contribution in [2.24, 2.45) is 0 Å². The van der Waals surface area contributed by atoms with Crippen LogP contribution in [0.15, 0.2) is 24.4 Å². The third-order valence-corrected chi connectivity index (χ3v) is 5.69. The number of hydrogen-bond donors (Lipinski definition) is 1. The van der Waals surface area contributed by atoms with Crippen molar-refractivity contribution >= 4 is 22.5 Å². The number of alkyl halides is 4. The van der Waals surface area contributed by atoms with Crippen LogP contribution in [0.2, 0.25) is 0 Å². The number of nitrogens with two attached hydrogens (primary N) is 1. The zero-order valence-corrected chi connectivity index (χ0v) is 18.9. The molecular formula is C22H24F5N7. The maximum atomic E-state index is 14.6. The molecule has 182 valence electrons. The van der Waals surface area contributed by atoms with Gasteiger partial charge in [-0.15, -0.1) is 5.10 Å². The number of rotatable bonds is 3. The van der Waals surface area contributed by atoms with E-state index in [1.54, 1.807) is 48.6 Å². The van der Waals surface area contributed by atoms with E-state index in [1.807, 2.05) is 0 Å². The van der Waals surface area contributed by atoms with Gasteiger partial charge in [0.15, 0.2) is 5.82 Å². The molecule has 0 unspecified atom stereocenters. The fourth-order valence-electron chi connectivity index (χ4n) is 4.19. The number of nitrogen functional groups attached to an aromatic ring is 1. The van der Waals surface area contributed by atoms with E-state index in [-0.39, 0.29) is 24.4 Å². The van der Waals surface area contributed by atoms with Gasteiger partial charge in [0.05, 0.1) is 29.8 Å². The molecule has 3 aromatic heterocycles. The van der Waals surface area contributed by atoms with E-state index >= 15 is 0 Å². The van der Waals surface area contributed by atoms with Gasteiger partial charge >= 0.3 is 0 Å². The number of fused-ring (bicyclic) bond motifs is 2. The number of aromatic nitrogens is 5. The highest BCUT2D eigenvalue weighted by Gasteiger charge is 2.36. The van der Waals surface area contributed by atoms with Crippen LogP contribution in [0.25, 0.3) is 27.7 Å². The molecule has 0 aliphatic carbocycles. The summed E-state index contributed by atoms with van der Waals surface area (Å²) < 4.78 is 67.6. The summed E-state index contributed by atoms with van der Waals surface area (Å²) in [4.78, 5) is 9.87. The molecule has 1 aromatic carbocycles. The van der Waals surface area contributed by atoms with Gasteiger partial charge in [-0.05, 0) is 44.7 Å². The molecule has 1 aliphatic heterocycles. The Bertz CT molecular complexity index is 1340. The van der Waals surface area contributed by atoms with Gasteiger partial charge in [0, 0.05) is 24.7 Å². The Morgan fingerprint density at radius 1 is 1.18 bits per heavy atom. The summed E-state index contributed by atoms with van der Waals surface area (Å²) in [5, 5.41) is 4.10. The highest BCUT2D eigenvalue weighted by Crippen LogP contribution is 2.32. The first kappa shape index (κ1) is 23.9. The Balaban J connectivity index is 0.000000291. The average molecular weight is 481 g/mol. The first-order valence-electron chi connectivity index (χ1n) is 10.6.